The Bertz CT molecular complexity index is 471. The van der Waals surface area contributed by atoms with Gasteiger partial charge in [-0.05, 0) is 18.9 Å². The number of ether oxygens (including phenoxy) is 1. The van der Waals surface area contributed by atoms with Gasteiger partial charge in [0.25, 0.3) is 0 Å². The molecule has 0 bridgehead atoms. The zero-order chi connectivity index (χ0) is 11.2. The highest BCUT2D eigenvalue weighted by atomic mass is 16.6. The van der Waals surface area contributed by atoms with Crippen molar-refractivity contribution < 1.29 is 14.3 Å². The van der Waals surface area contributed by atoms with E-state index in [2.05, 4.69) is 4.98 Å². The van der Waals surface area contributed by atoms with Crippen LogP contribution >= 0.6 is 0 Å². The Morgan fingerprint density at radius 1 is 1.25 bits per heavy atom. The lowest BCUT2D eigenvalue weighted by Gasteiger charge is -2.31. The van der Waals surface area contributed by atoms with Crippen molar-refractivity contribution in [2.45, 2.75) is 31.3 Å². The molecule has 0 aromatic carbocycles. The monoisotopic (exact) mass is 217 g/mol. The number of carbonyl (C=O) groups excluding carboxylic acids is 2. The molecule has 1 fully saturated rings. The Labute approximate surface area is 92.6 Å². The molecule has 1 aliphatic heterocycles. The standard InChI is InChI=1S/C12H11NO3/c14-8-1-4-12(5-2-8)10-3-6-13-7-9(10)11(15)16-12/h3,6-7H,1-2,4-5H2. The largest absolute Gasteiger partial charge is 0.450 e. The summed E-state index contributed by atoms with van der Waals surface area (Å²) >= 11 is 0. The Balaban J connectivity index is 2.05. The maximum absolute atomic E-state index is 11.7. The van der Waals surface area contributed by atoms with Crippen LogP contribution in [0.15, 0.2) is 18.5 Å². The van der Waals surface area contributed by atoms with E-state index in [1.165, 1.54) is 0 Å². The van der Waals surface area contributed by atoms with Crippen LogP contribution in [0.2, 0.25) is 0 Å². The van der Waals surface area contributed by atoms with Gasteiger partial charge in [-0.3, -0.25) is 9.78 Å². The molecule has 0 N–H and O–H groups in total. The molecule has 0 radical (unpaired) electrons. The first kappa shape index (κ1) is 9.51. The number of rotatable bonds is 0. The van der Waals surface area contributed by atoms with Crippen LogP contribution < -0.4 is 0 Å². The first-order valence-corrected chi connectivity index (χ1v) is 5.41. The van der Waals surface area contributed by atoms with Gasteiger partial charge in [0.15, 0.2) is 0 Å². The number of aromatic nitrogens is 1. The highest BCUT2D eigenvalue weighted by molar-refractivity contribution is 5.94. The smallest absolute Gasteiger partial charge is 0.341 e. The van der Waals surface area contributed by atoms with Gasteiger partial charge >= 0.3 is 5.97 Å². The molecule has 2 heterocycles. The molecule has 1 aromatic rings. The number of fused-ring (bicyclic) bond motifs is 2. The maximum atomic E-state index is 11.7. The van der Waals surface area contributed by atoms with Gasteiger partial charge in [-0.1, -0.05) is 0 Å². The average molecular weight is 217 g/mol. The lowest BCUT2D eigenvalue weighted by molar-refractivity contribution is -0.125. The van der Waals surface area contributed by atoms with Crippen molar-refractivity contribution in [2.75, 3.05) is 0 Å². The number of pyridine rings is 1. The van der Waals surface area contributed by atoms with E-state index in [9.17, 15) is 9.59 Å². The van der Waals surface area contributed by atoms with Crippen molar-refractivity contribution in [3.63, 3.8) is 0 Å². The van der Waals surface area contributed by atoms with Gasteiger partial charge in [0.2, 0.25) is 0 Å². The van der Waals surface area contributed by atoms with Gasteiger partial charge in [-0.15, -0.1) is 0 Å². The van der Waals surface area contributed by atoms with Crippen LogP contribution in [0, 0.1) is 0 Å². The second kappa shape index (κ2) is 3.14. The van der Waals surface area contributed by atoms with Crippen LogP contribution in [0.4, 0.5) is 0 Å². The lowest BCUT2D eigenvalue weighted by atomic mass is 9.79. The molecular formula is C12H11NO3. The summed E-state index contributed by atoms with van der Waals surface area (Å²) in [5.41, 5.74) is 0.903. The van der Waals surface area contributed by atoms with Crippen molar-refractivity contribution in [2.24, 2.45) is 0 Å². The Morgan fingerprint density at radius 2 is 2.00 bits per heavy atom. The van der Waals surface area contributed by atoms with Crippen molar-refractivity contribution >= 4 is 11.8 Å². The normalized spacial score (nSPS) is 22.0. The van der Waals surface area contributed by atoms with Crippen molar-refractivity contribution in [3.05, 3.63) is 29.6 Å². The molecule has 3 rings (SSSR count). The highest BCUT2D eigenvalue weighted by Gasteiger charge is 2.47. The summed E-state index contributed by atoms with van der Waals surface area (Å²) in [6.45, 7) is 0. The van der Waals surface area contributed by atoms with Crippen LogP contribution in [0.25, 0.3) is 0 Å². The molecule has 0 amide bonds. The van der Waals surface area contributed by atoms with Crippen LogP contribution in [0.1, 0.15) is 41.6 Å². The quantitative estimate of drug-likeness (QED) is 0.619. The molecule has 82 valence electrons. The predicted molar refractivity (Wildman–Crippen MR) is 54.8 cm³/mol. The van der Waals surface area contributed by atoms with Gasteiger partial charge in [-0.25, -0.2) is 4.79 Å². The highest BCUT2D eigenvalue weighted by Crippen LogP contribution is 2.45. The maximum Gasteiger partial charge on any atom is 0.341 e. The Hall–Kier alpha value is -1.71. The van der Waals surface area contributed by atoms with E-state index in [0.717, 1.165) is 5.56 Å². The number of carbonyl (C=O) groups is 2. The molecular weight excluding hydrogens is 206 g/mol. The van der Waals surface area contributed by atoms with Crippen LogP contribution in [0.3, 0.4) is 0 Å². The topological polar surface area (TPSA) is 56.3 Å². The van der Waals surface area contributed by atoms with E-state index in [4.69, 9.17) is 4.74 Å². The zero-order valence-electron chi connectivity index (χ0n) is 8.73. The minimum atomic E-state index is -0.552. The summed E-state index contributed by atoms with van der Waals surface area (Å²) in [5, 5.41) is 0. The second-order valence-corrected chi connectivity index (χ2v) is 4.34. The number of ketones is 1. The van der Waals surface area contributed by atoms with E-state index in [1.54, 1.807) is 12.4 Å². The Morgan fingerprint density at radius 3 is 2.75 bits per heavy atom. The summed E-state index contributed by atoms with van der Waals surface area (Å²) in [4.78, 5) is 26.8. The fraction of sp³-hybridized carbons (Fsp3) is 0.417. The lowest BCUT2D eigenvalue weighted by Crippen LogP contribution is -2.32. The first-order valence-electron chi connectivity index (χ1n) is 5.41. The molecule has 1 aromatic heterocycles. The predicted octanol–water partition coefficient (Wildman–Crippen LogP) is 1.59. The molecule has 1 saturated carbocycles. The van der Waals surface area contributed by atoms with Gasteiger partial charge in [0.1, 0.15) is 11.4 Å². The third-order valence-electron chi connectivity index (χ3n) is 3.44. The van der Waals surface area contributed by atoms with E-state index in [-0.39, 0.29) is 11.8 Å². The fourth-order valence-corrected chi connectivity index (χ4v) is 2.55. The molecule has 0 unspecified atom stereocenters. The van der Waals surface area contributed by atoms with Gasteiger partial charge < -0.3 is 4.74 Å². The fourth-order valence-electron chi connectivity index (χ4n) is 2.55. The number of Topliss-reactive ketones (excluding diaryl/α,β-unsaturated/α-hetero) is 1. The number of hydrogen-bond donors (Lipinski definition) is 0. The van der Waals surface area contributed by atoms with Gasteiger partial charge in [0, 0.05) is 30.8 Å². The molecule has 2 aliphatic rings. The van der Waals surface area contributed by atoms with E-state index in [1.807, 2.05) is 6.07 Å². The van der Waals surface area contributed by atoms with Crippen molar-refractivity contribution in [1.29, 1.82) is 0 Å². The van der Waals surface area contributed by atoms with Crippen LogP contribution in [-0.4, -0.2) is 16.7 Å². The van der Waals surface area contributed by atoms with E-state index >= 15 is 0 Å². The molecule has 4 heteroatoms. The third-order valence-corrected chi connectivity index (χ3v) is 3.44. The minimum absolute atomic E-state index is 0.254. The van der Waals surface area contributed by atoms with Gasteiger partial charge in [0.05, 0.1) is 5.56 Å². The number of nitrogens with zero attached hydrogens (tertiary/aromatic N) is 1. The second-order valence-electron chi connectivity index (χ2n) is 4.34. The molecule has 16 heavy (non-hydrogen) atoms. The van der Waals surface area contributed by atoms with Crippen LogP contribution in [-0.2, 0) is 15.1 Å². The molecule has 1 spiro atoms. The van der Waals surface area contributed by atoms with Crippen molar-refractivity contribution in [1.82, 2.24) is 4.98 Å². The summed E-state index contributed by atoms with van der Waals surface area (Å²) in [7, 11) is 0. The summed E-state index contributed by atoms with van der Waals surface area (Å²) in [5.74, 6) is -0.0540. The first-order chi connectivity index (χ1) is 7.71. The summed E-state index contributed by atoms with van der Waals surface area (Å²) in [6, 6.07) is 1.83. The summed E-state index contributed by atoms with van der Waals surface area (Å²) < 4.78 is 5.48. The average Bonchev–Trinajstić information content (AvgIpc) is 2.58. The van der Waals surface area contributed by atoms with Gasteiger partial charge in [-0.2, -0.15) is 0 Å². The Kier molecular flexibility index (Phi) is 1.87. The molecule has 1 aliphatic carbocycles. The minimum Gasteiger partial charge on any atom is -0.450 e. The van der Waals surface area contributed by atoms with Crippen molar-refractivity contribution in [3.8, 4) is 0 Å². The zero-order valence-corrected chi connectivity index (χ0v) is 8.73. The summed E-state index contributed by atoms with van der Waals surface area (Å²) in [6.07, 6.45) is 5.41. The SMILES string of the molecule is O=C1CCC2(CC1)OC(=O)c1cnccc12. The molecule has 0 saturated heterocycles. The van der Waals surface area contributed by atoms with E-state index in [0.29, 0.717) is 31.2 Å². The molecule has 4 nitrogen and oxygen atoms in total. The van der Waals surface area contributed by atoms with E-state index < -0.39 is 5.60 Å². The number of hydrogen-bond acceptors (Lipinski definition) is 4. The third kappa shape index (κ3) is 1.19. The number of esters is 1. The van der Waals surface area contributed by atoms with Crippen LogP contribution in [0.5, 0.6) is 0 Å². The molecule has 0 atom stereocenters.